The molecule has 2 spiro atoms. The second kappa shape index (κ2) is 7.68. The van der Waals surface area contributed by atoms with Gasteiger partial charge in [0.2, 0.25) is 0 Å². The molecule has 1 saturated heterocycles. The number of rotatable bonds is 6. The van der Waals surface area contributed by atoms with Crippen molar-refractivity contribution in [1.82, 2.24) is 0 Å². The van der Waals surface area contributed by atoms with Crippen LogP contribution >= 0.6 is 0 Å². The molecule has 2 saturated carbocycles. The summed E-state index contributed by atoms with van der Waals surface area (Å²) >= 11 is 0. The zero-order valence-electron chi connectivity index (χ0n) is 21.3. The fourth-order valence-electron chi connectivity index (χ4n) is 9.06. The standard InChI is InChI=1S/C29H46O3/c1-7-21(19(2)3)9-8-20(4)23-10-11-24-26(23,5)14-13-25-27(6)15-12-22(30)18-28(27)16-17-29(24,25)32-31-28/h13,16-17,19-24,30H,7-12,14-15,18H2,1-6H3/t20?,21?,22?,23?,24?,26?,27?,28-,29+/m1/s1. The van der Waals surface area contributed by atoms with Gasteiger partial charge in [-0.3, -0.25) is 0 Å². The number of hydrogen-bond donors (Lipinski definition) is 1. The highest BCUT2D eigenvalue weighted by Gasteiger charge is 2.71. The lowest BCUT2D eigenvalue weighted by Crippen LogP contribution is -2.69. The Bertz CT molecular complexity index is 800. The molecule has 9 atom stereocenters. The van der Waals surface area contributed by atoms with Crippen LogP contribution in [0.5, 0.6) is 0 Å². The summed E-state index contributed by atoms with van der Waals surface area (Å²) in [5.41, 5.74) is 0.772. The van der Waals surface area contributed by atoms with Crippen molar-refractivity contribution in [3.8, 4) is 0 Å². The molecular weight excluding hydrogens is 396 g/mol. The highest BCUT2D eigenvalue weighted by molar-refractivity contribution is 5.48. The normalized spacial score (nSPS) is 48.8. The van der Waals surface area contributed by atoms with Gasteiger partial charge in [-0.1, -0.05) is 60.5 Å². The van der Waals surface area contributed by atoms with Crippen molar-refractivity contribution >= 4 is 0 Å². The maximum Gasteiger partial charge on any atom is 0.147 e. The Labute approximate surface area is 195 Å². The van der Waals surface area contributed by atoms with Crippen LogP contribution in [-0.2, 0) is 9.78 Å². The van der Waals surface area contributed by atoms with E-state index in [4.69, 9.17) is 9.78 Å². The van der Waals surface area contributed by atoms with Crippen LogP contribution in [-0.4, -0.2) is 22.4 Å². The summed E-state index contributed by atoms with van der Waals surface area (Å²) in [6, 6.07) is 0. The zero-order chi connectivity index (χ0) is 22.9. The molecule has 0 aromatic rings. The highest BCUT2D eigenvalue weighted by Crippen LogP contribution is 2.71. The van der Waals surface area contributed by atoms with Crippen LogP contribution in [0.25, 0.3) is 0 Å². The Balaban J connectivity index is 1.42. The van der Waals surface area contributed by atoms with E-state index in [0.717, 1.165) is 42.9 Å². The molecule has 3 fully saturated rings. The lowest BCUT2D eigenvalue weighted by atomic mass is 9.46. The third-order valence-corrected chi connectivity index (χ3v) is 11.2. The van der Waals surface area contributed by atoms with Gasteiger partial charge in [-0.25, -0.2) is 9.78 Å². The van der Waals surface area contributed by atoms with Crippen LogP contribution in [0.2, 0.25) is 0 Å². The molecule has 0 aromatic heterocycles. The summed E-state index contributed by atoms with van der Waals surface area (Å²) < 4.78 is 0. The first-order valence-electron chi connectivity index (χ1n) is 13.6. The first-order valence-corrected chi connectivity index (χ1v) is 13.6. The summed E-state index contributed by atoms with van der Waals surface area (Å²) in [4.78, 5) is 12.7. The molecule has 2 aliphatic heterocycles. The van der Waals surface area contributed by atoms with Crippen LogP contribution in [0.3, 0.4) is 0 Å². The Kier molecular flexibility index (Phi) is 5.55. The van der Waals surface area contributed by atoms with E-state index in [1.54, 1.807) is 0 Å². The molecule has 0 radical (unpaired) electrons. The molecule has 32 heavy (non-hydrogen) atoms. The second-order valence-corrected chi connectivity index (χ2v) is 12.9. The van der Waals surface area contributed by atoms with Gasteiger partial charge < -0.3 is 5.11 Å². The van der Waals surface area contributed by atoms with Gasteiger partial charge in [0.15, 0.2) is 0 Å². The summed E-state index contributed by atoms with van der Waals surface area (Å²) in [6.07, 6.45) is 17.1. The largest absolute Gasteiger partial charge is 0.393 e. The van der Waals surface area contributed by atoms with Crippen LogP contribution in [0.4, 0.5) is 0 Å². The van der Waals surface area contributed by atoms with Gasteiger partial charge in [0.1, 0.15) is 11.2 Å². The first-order chi connectivity index (χ1) is 15.1. The maximum atomic E-state index is 10.4. The van der Waals surface area contributed by atoms with Gasteiger partial charge in [0.05, 0.1) is 6.10 Å². The van der Waals surface area contributed by atoms with Crippen molar-refractivity contribution in [2.24, 2.45) is 40.4 Å². The molecule has 3 nitrogen and oxygen atoms in total. The average molecular weight is 443 g/mol. The summed E-state index contributed by atoms with van der Waals surface area (Å²) in [7, 11) is 0. The molecule has 180 valence electrons. The Morgan fingerprint density at radius 3 is 2.50 bits per heavy atom. The molecule has 3 heteroatoms. The van der Waals surface area contributed by atoms with Crippen molar-refractivity contribution in [1.29, 1.82) is 0 Å². The minimum absolute atomic E-state index is 0.0596. The molecule has 1 N–H and O–H groups in total. The number of hydrogen-bond acceptors (Lipinski definition) is 3. The lowest BCUT2D eigenvalue weighted by Gasteiger charge is -2.66. The van der Waals surface area contributed by atoms with E-state index >= 15 is 0 Å². The van der Waals surface area contributed by atoms with Gasteiger partial charge in [0.25, 0.3) is 0 Å². The molecule has 0 aromatic carbocycles. The third-order valence-electron chi connectivity index (χ3n) is 11.2. The van der Waals surface area contributed by atoms with E-state index in [1.807, 2.05) is 0 Å². The molecular formula is C29H46O3. The van der Waals surface area contributed by atoms with Gasteiger partial charge >= 0.3 is 0 Å². The SMILES string of the molecule is CCC(CCC(C)C1CCC2C1(C)CC=C1C3(C)CCC(O)C[C@]34C=C[C@@]12OO4)C(C)C. The Morgan fingerprint density at radius 2 is 1.84 bits per heavy atom. The van der Waals surface area contributed by atoms with Crippen LogP contribution in [0.15, 0.2) is 23.8 Å². The Morgan fingerprint density at radius 1 is 1.06 bits per heavy atom. The van der Waals surface area contributed by atoms with Crippen molar-refractivity contribution in [2.75, 3.05) is 0 Å². The summed E-state index contributed by atoms with van der Waals surface area (Å²) in [6.45, 7) is 14.6. The van der Waals surface area contributed by atoms with E-state index < -0.39 is 11.2 Å². The van der Waals surface area contributed by atoms with Crippen LogP contribution < -0.4 is 0 Å². The Hall–Kier alpha value is -0.640. The maximum absolute atomic E-state index is 10.4. The topological polar surface area (TPSA) is 38.7 Å². The van der Waals surface area contributed by atoms with E-state index in [2.05, 4.69) is 59.8 Å². The van der Waals surface area contributed by atoms with E-state index in [9.17, 15) is 5.11 Å². The minimum Gasteiger partial charge on any atom is -0.393 e. The summed E-state index contributed by atoms with van der Waals surface area (Å²) in [5, 5.41) is 10.4. The molecule has 6 aliphatic rings. The fourth-order valence-corrected chi connectivity index (χ4v) is 9.06. The predicted molar refractivity (Wildman–Crippen MR) is 129 cm³/mol. The van der Waals surface area contributed by atoms with E-state index in [1.165, 1.54) is 37.7 Å². The van der Waals surface area contributed by atoms with Gasteiger partial charge in [0, 0.05) is 17.8 Å². The molecule has 4 aliphatic carbocycles. The third kappa shape index (κ3) is 2.96. The molecule has 7 unspecified atom stereocenters. The van der Waals surface area contributed by atoms with Crippen molar-refractivity contribution in [2.45, 2.75) is 117 Å². The summed E-state index contributed by atoms with van der Waals surface area (Å²) in [5.74, 6) is 3.61. The number of aliphatic hydroxyl groups is 1. The van der Waals surface area contributed by atoms with Crippen molar-refractivity contribution in [3.05, 3.63) is 23.8 Å². The quantitative estimate of drug-likeness (QED) is 0.355. The van der Waals surface area contributed by atoms with Crippen molar-refractivity contribution < 1.29 is 14.9 Å². The van der Waals surface area contributed by atoms with Gasteiger partial charge in [-0.2, -0.15) is 0 Å². The molecule has 2 bridgehead atoms. The fraction of sp³-hybridized carbons (Fsp3) is 0.862. The monoisotopic (exact) mass is 442 g/mol. The van der Waals surface area contributed by atoms with Crippen molar-refractivity contribution in [3.63, 3.8) is 0 Å². The predicted octanol–water partition coefficient (Wildman–Crippen LogP) is 7.01. The molecule has 0 amide bonds. The smallest absolute Gasteiger partial charge is 0.147 e. The lowest BCUT2D eigenvalue weighted by molar-refractivity contribution is -0.455. The first kappa shape index (κ1) is 23.1. The number of allylic oxidation sites excluding steroid dienone is 1. The van der Waals surface area contributed by atoms with E-state index in [0.29, 0.717) is 12.3 Å². The zero-order valence-corrected chi connectivity index (χ0v) is 21.3. The van der Waals surface area contributed by atoms with Gasteiger partial charge in [-0.05, 0) is 85.3 Å². The van der Waals surface area contributed by atoms with E-state index in [-0.39, 0.29) is 16.9 Å². The minimum atomic E-state index is -0.497. The van der Waals surface area contributed by atoms with Crippen LogP contribution in [0.1, 0.15) is 99.3 Å². The molecule has 6 rings (SSSR count). The number of aliphatic hydroxyl groups excluding tert-OH is 1. The second-order valence-electron chi connectivity index (χ2n) is 12.9. The average Bonchev–Trinajstić information content (AvgIpc) is 3.12. The highest BCUT2D eigenvalue weighted by atomic mass is 17.2. The van der Waals surface area contributed by atoms with Crippen LogP contribution in [0, 0.1) is 40.4 Å². The number of fused-ring (bicyclic) bond motifs is 2. The molecule has 2 heterocycles. The van der Waals surface area contributed by atoms with Gasteiger partial charge in [-0.15, -0.1) is 0 Å².